The summed E-state index contributed by atoms with van der Waals surface area (Å²) >= 11 is 0. The number of likely N-dealkylation sites (N-methyl/N-ethyl adjacent to an activating group) is 1. The van der Waals surface area contributed by atoms with Crippen LogP contribution in [0.1, 0.15) is 31.0 Å². The molecular formula is C23H27FN4O2. The van der Waals surface area contributed by atoms with E-state index in [1.54, 1.807) is 30.3 Å². The van der Waals surface area contributed by atoms with Gasteiger partial charge in [-0.1, -0.05) is 19.1 Å². The quantitative estimate of drug-likeness (QED) is 0.760. The van der Waals surface area contributed by atoms with Gasteiger partial charge in [0.15, 0.2) is 6.61 Å². The highest BCUT2D eigenvalue weighted by Gasteiger charge is 2.22. The van der Waals surface area contributed by atoms with Crippen LogP contribution in [0.4, 0.5) is 10.1 Å². The Morgan fingerprint density at radius 2 is 1.97 bits per heavy atom. The third-order valence-electron chi connectivity index (χ3n) is 5.36. The summed E-state index contributed by atoms with van der Waals surface area (Å²) in [6.07, 6.45) is 0. The predicted molar refractivity (Wildman–Crippen MR) is 114 cm³/mol. The van der Waals surface area contributed by atoms with Crippen LogP contribution in [-0.4, -0.2) is 50.1 Å². The predicted octanol–water partition coefficient (Wildman–Crippen LogP) is 3.10. The Kier molecular flexibility index (Phi) is 7.26. The van der Waals surface area contributed by atoms with Gasteiger partial charge in [-0.3, -0.25) is 4.79 Å². The Balaban J connectivity index is 1.66. The maximum atomic E-state index is 14.0. The molecule has 1 atom stereocenters. The highest BCUT2D eigenvalue weighted by molar-refractivity contribution is 5.78. The van der Waals surface area contributed by atoms with Crippen molar-refractivity contribution < 1.29 is 13.9 Å². The number of nitrogens with zero attached hydrogens (tertiary/aromatic N) is 3. The summed E-state index contributed by atoms with van der Waals surface area (Å²) in [5.41, 5.74) is 2.05. The molecule has 6 nitrogen and oxygen atoms in total. The van der Waals surface area contributed by atoms with Crippen LogP contribution in [0.3, 0.4) is 0 Å². The molecule has 1 aliphatic rings. The van der Waals surface area contributed by atoms with E-state index in [0.29, 0.717) is 11.3 Å². The number of carbonyl (C=O) groups excluding carboxylic acids is 1. The molecule has 0 aromatic heterocycles. The summed E-state index contributed by atoms with van der Waals surface area (Å²) in [7, 11) is 0. The second-order valence-electron chi connectivity index (χ2n) is 7.31. The summed E-state index contributed by atoms with van der Waals surface area (Å²) < 4.78 is 19.5. The molecule has 1 fully saturated rings. The molecule has 0 spiro atoms. The molecule has 1 saturated heterocycles. The first kappa shape index (κ1) is 21.6. The summed E-state index contributed by atoms with van der Waals surface area (Å²) in [4.78, 5) is 17.0. The number of amides is 1. The lowest BCUT2D eigenvalue weighted by molar-refractivity contribution is -0.123. The van der Waals surface area contributed by atoms with Gasteiger partial charge in [-0.25, -0.2) is 4.39 Å². The minimum Gasteiger partial charge on any atom is -0.482 e. The molecule has 30 heavy (non-hydrogen) atoms. The number of piperazine rings is 1. The lowest BCUT2D eigenvalue weighted by atomic mass is 10.0. The van der Waals surface area contributed by atoms with Crippen LogP contribution >= 0.6 is 0 Å². The number of carbonyl (C=O) groups is 1. The number of ether oxygens (including phenoxy) is 1. The average Bonchev–Trinajstić information content (AvgIpc) is 2.78. The first-order valence-corrected chi connectivity index (χ1v) is 10.2. The fourth-order valence-corrected chi connectivity index (χ4v) is 3.65. The van der Waals surface area contributed by atoms with Gasteiger partial charge in [-0.15, -0.1) is 0 Å². The molecule has 0 aliphatic carbocycles. The van der Waals surface area contributed by atoms with E-state index < -0.39 is 0 Å². The minimum absolute atomic E-state index is 0.219. The molecule has 0 bridgehead atoms. The van der Waals surface area contributed by atoms with Crippen molar-refractivity contribution in [1.82, 2.24) is 10.2 Å². The molecule has 1 aliphatic heterocycles. The zero-order valence-corrected chi connectivity index (χ0v) is 17.4. The van der Waals surface area contributed by atoms with Crippen LogP contribution in [0.5, 0.6) is 5.75 Å². The van der Waals surface area contributed by atoms with E-state index in [9.17, 15) is 9.18 Å². The van der Waals surface area contributed by atoms with Crippen molar-refractivity contribution in [2.75, 3.05) is 44.2 Å². The van der Waals surface area contributed by atoms with Crippen molar-refractivity contribution in [2.24, 2.45) is 0 Å². The first-order valence-electron chi connectivity index (χ1n) is 10.2. The number of benzene rings is 2. The molecule has 1 heterocycles. The Hall–Kier alpha value is -3.11. The largest absolute Gasteiger partial charge is 0.482 e. The molecule has 0 saturated carbocycles. The number of rotatable bonds is 7. The zero-order chi connectivity index (χ0) is 21.5. The van der Waals surface area contributed by atoms with Crippen molar-refractivity contribution >= 4 is 11.6 Å². The van der Waals surface area contributed by atoms with Crippen molar-refractivity contribution in [2.45, 2.75) is 19.9 Å². The zero-order valence-electron chi connectivity index (χ0n) is 17.4. The summed E-state index contributed by atoms with van der Waals surface area (Å²) in [5, 5.41) is 12.0. The van der Waals surface area contributed by atoms with E-state index >= 15 is 0 Å². The second kappa shape index (κ2) is 10.1. The van der Waals surface area contributed by atoms with Gasteiger partial charge >= 0.3 is 0 Å². The third-order valence-corrected chi connectivity index (χ3v) is 5.36. The Morgan fingerprint density at radius 3 is 2.67 bits per heavy atom. The highest BCUT2D eigenvalue weighted by atomic mass is 19.1. The SMILES string of the molecule is CCN1CCN(c2ccc(F)cc2C(C)NC(=O)COc2ccccc2C#N)CC1. The molecule has 3 rings (SSSR count). The van der Waals surface area contributed by atoms with Crippen LogP contribution < -0.4 is 15.0 Å². The van der Waals surface area contributed by atoms with Crippen molar-refractivity contribution in [3.63, 3.8) is 0 Å². The second-order valence-corrected chi connectivity index (χ2v) is 7.31. The van der Waals surface area contributed by atoms with Crippen LogP contribution in [0.2, 0.25) is 0 Å². The van der Waals surface area contributed by atoms with Gasteiger partial charge in [0.25, 0.3) is 5.91 Å². The lowest BCUT2D eigenvalue weighted by Crippen LogP contribution is -2.46. The van der Waals surface area contributed by atoms with E-state index in [1.165, 1.54) is 12.1 Å². The summed E-state index contributed by atoms with van der Waals surface area (Å²) in [6.45, 7) is 8.42. The smallest absolute Gasteiger partial charge is 0.258 e. The van der Waals surface area contributed by atoms with Crippen molar-refractivity contribution in [1.29, 1.82) is 5.26 Å². The van der Waals surface area contributed by atoms with Gasteiger partial charge in [-0.2, -0.15) is 5.26 Å². The molecule has 2 aromatic carbocycles. The maximum Gasteiger partial charge on any atom is 0.258 e. The normalized spacial score (nSPS) is 15.3. The van der Waals surface area contributed by atoms with Crippen LogP contribution in [0, 0.1) is 17.1 Å². The number of para-hydroxylation sites is 1. The number of hydrogen-bond acceptors (Lipinski definition) is 5. The fraction of sp³-hybridized carbons (Fsp3) is 0.391. The standard InChI is InChI=1S/C23H27FN4O2/c1-3-27-10-12-28(13-11-27)21-9-8-19(24)14-20(21)17(2)26-23(29)16-30-22-7-5-4-6-18(22)15-25/h4-9,14,17H,3,10-13,16H2,1-2H3,(H,26,29). The van der Waals surface area contributed by atoms with Crippen LogP contribution in [0.25, 0.3) is 0 Å². The van der Waals surface area contributed by atoms with Gasteiger partial charge in [0.2, 0.25) is 0 Å². The number of nitrogens with one attached hydrogen (secondary N) is 1. The highest BCUT2D eigenvalue weighted by Crippen LogP contribution is 2.28. The van der Waals surface area contributed by atoms with Crippen LogP contribution in [0.15, 0.2) is 42.5 Å². The van der Waals surface area contributed by atoms with Crippen molar-refractivity contribution in [3.8, 4) is 11.8 Å². The molecule has 1 unspecified atom stereocenters. The Morgan fingerprint density at radius 1 is 1.23 bits per heavy atom. The molecular weight excluding hydrogens is 383 g/mol. The van der Waals surface area contributed by atoms with Crippen LogP contribution in [-0.2, 0) is 4.79 Å². The van der Waals surface area contributed by atoms with Gasteiger partial charge < -0.3 is 19.9 Å². The fourth-order valence-electron chi connectivity index (χ4n) is 3.65. The molecule has 158 valence electrons. The van der Waals surface area contributed by atoms with Gasteiger partial charge in [0.1, 0.15) is 17.6 Å². The van der Waals surface area contributed by atoms with E-state index in [0.717, 1.165) is 44.0 Å². The van der Waals surface area contributed by atoms with Gasteiger partial charge in [-0.05, 0) is 43.8 Å². The monoisotopic (exact) mass is 410 g/mol. The molecule has 2 aromatic rings. The van der Waals surface area contributed by atoms with E-state index in [4.69, 9.17) is 10.00 Å². The minimum atomic E-state index is -0.387. The molecule has 1 amide bonds. The third kappa shape index (κ3) is 5.28. The van der Waals surface area contributed by atoms with Gasteiger partial charge in [0, 0.05) is 37.4 Å². The van der Waals surface area contributed by atoms with E-state index in [-0.39, 0.29) is 24.4 Å². The first-order chi connectivity index (χ1) is 14.5. The molecule has 1 N–H and O–H groups in total. The Bertz CT molecular complexity index is 920. The van der Waals surface area contributed by atoms with Crippen molar-refractivity contribution in [3.05, 3.63) is 59.4 Å². The Labute approximate surface area is 176 Å². The number of hydrogen-bond donors (Lipinski definition) is 1. The lowest BCUT2D eigenvalue weighted by Gasteiger charge is -2.37. The topological polar surface area (TPSA) is 68.6 Å². The summed E-state index contributed by atoms with van der Waals surface area (Å²) in [6, 6.07) is 13.1. The number of nitriles is 1. The average molecular weight is 410 g/mol. The van der Waals surface area contributed by atoms with E-state index in [2.05, 4.69) is 22.0 Å². The summed E-state index contributed by atoms with van der Waals surface area (Å²) in [5.74, 6) is -0.300. The van der Waals surface area contributed by atoms with Gasteiger partial charge in [0.05, 0.1) is 11.6 Å². The maximum absolute atomic E-state index is 14.0. The number of anilines is 1. The number of halogens is 1. The van der Waals surface area contributed by atoms with E-state index in [1.807, 2.05) is 13.0 Å². The molecule has 0 radical (unpaired) electrons. The molecule has 7 heteroatoms.